The van der Waals surface area contributed by atoms with E-state index in [9.17, 15) is 14.4 Å². The number of hydrogen-bond acceptors (Lipinski definition) is 3. The fourth-order valence-corrected chi connectivity index (χ4v) is 5.08. The minimum atomic E-state index is -0.524. The van der Waals surface area contributed by atoms with E-state index in [-0.39, 0.29) is 18.0 Å². The first-order valence-electron chi connectivity index (χ1n) is 9.32. The molecule has 1 N–H and O–H groups in total. The van der Waals surface area contributed by atoms with Crippen molar-refractivity contribution in [3.05, 3.63) is 94.8 Å². The zero-order valence-electron chi connectivity index (χ0n) is 16.8. The van der Waals surface area contributed by atoms with Crippen LogP contribution >= 0.6 is 56.8 Å². The summed E-state index contributed by atoms with van der Waals surface area (Å²) in [7, 11) is 0. The minimum Gasteiger partial charge on any atom is -0.487 e. The highest BCUT2D eigenvalue weighted by Crippen LogP contribution is 2.31. The third-order valence-corrected chi connectivity index (χ3v) is 6.41. The molecule has 0 aliphatic carbocycles. The highest BCUT2D eigenvalue weighted by molar-refractivity contribution is 14.1. The third kappa shape index (κ3) is 6.43. The molecule has 162 valence electrons. The number of halogens is 4. The number of carbonyl (C=O) groups is 1. The number of amides is 1. The Morgan fingerprint density at radius 3 is 2.53 bits per heavy atom. The van der Waals surface area contributed by atoms with E-state index in [1.165, 1.54) is 18.2 Å². The summed E-state index contributed by atoms with van der Waals surface area (Å²) in [6.45, 7) is 2.09. The van der Waals surface area contributed by atoms with Crippen LogP contribution in [-0.2, 0) is 11.4 Å². The lowest BCUT2D eigenvalue weighted by atomic mass is 10.1. The van der Waals surface area contributed by atoms with Gasteiger partial charge in [0.05, 0.1) is 7.14 Å². The molecule has 0 saturated carbocycles. The van der Waals surface area contributed by atoms with Crippen molar-refractivity contribution < 1.29 is 13.9 Å². The van der Waals surface area contributed by atoms with Gasteiger partial charge in [-0.05, 0) is 111 Å². The highest BCUT2D eigenvalue weighted by atomic mass is 127. The van der Waals surface area contributed by atoms with Crippen LogP contribution in [0.15, 0.2) is 60.2 Å². The lowest BCUT2D eigenvalue weighted by molar-refractivity contribution is -0.112. The summed E-state index contributed by atoms with van der Waals surface area (Å²) in [6.07, 6.45) is 1.52. The van der Waals surface area contributed by atoms with Crippen molar-refractivity contribution in [2.24, 2.45) is 0 Å². The van der Waals surface area contributed by atoms with E-state index in [4.69, 9.17) is 16.3 Å². The number of aryl methyl sites for hydroxylation is 1. The maximum absolute atomic E-state index is 13.4. The van der Waals surface area contributed by atoms with E-state index in [0.29, 0.717) is 22.0 Å². The van der Waals surface area contributed by atoms with Gasteiger partial charge in [-0.1, -0.05) is 29.8 Å². The van der Waals surface area contributed by atoms with Crippen LogP contribution in [-0.4, -0.2) is 5.91 Å². The quantitative estimate of drug-likeness (QED) is 0.172. The number of nitriles is 1. The van der Waals surface area contributed by atoms with Crippen LogP contribution in [0.3, 0.4) is 0 Å². The number of ether oxygens (including phenoxy) is 1. The van der Waals surface area contributed by atoms with Crippen LogP contribution in [0.2, 0.25) is 5.02 Å². The van der Waals surface area contributed by atoms with Crippen LogP contribution in [0, 0.1) is 31.2 Å². The predicted octanol–water partition coefficient (Wildman–Crippen LogP) is 7.12. The fourth-order valence-electron chi connectivity index (χ4n) is 2.77. The zero-order chi connectivity index (χ0) is 23.3. The summed E-state index contributed by atoms with van der Waals surface area (Å²) in [5.74, 6) is -0.181. The number of nitrogens with zero attached hydrogens (tertiary/aromatic N) is 1. The fraction of sp³-hybridized carbons (Fsp3) is 0.0833. The first-order chi connectivity index (χ1) is 15.3. The Morgan fingerprint density at radius 2 is 1.91 bits per heavy atom. The Kier molecular flexibility index (Phi) is 8.51. The van der Waals surface area contributed by atoms with E-state index in [2.05, 4.69) is 50.5 Å². The number of hydrogen-bond donors (Lipinski definition) is 1. The van der Waals surface area contributed by atoms with Crippen LogP contribution in [0.4, 0.5) is 10.1 Å². The topological polar surface area (TPSA) is 62.1 Å². The van der Waals surface area contributed by atoms with E-state index in [1.54, 1.807) is 30.3 Å². The van der Waals surface area contributed by atoms with Gasteiger partial charge in [0.25, 0.3) is 5.91 Å². The van der Waals surface area contributed by atoms with Crippen molar-refractivity contribution in [3.8, 4) is 11.8 Å². The second kappa shape index (κ2) is 11.1. The molecule has 3 rings (SSSR count). The summed E-state index contributed by atoms with van der Waals surface area (Å²) < 4.78 is 20.9. The van der Waals surface area contributed by atoms with E-state index in [1.807, 2.05) is 25.1 Å². The second-order valence-electron chi connectivity index (χ2n) is 6.82. The molecule has 0 aliphatic rings. The lowest BCUT2D eigenvalue weighted by Gasteiger charge is -2.12. The summed E-state index contributed by atoms with van der Waals surface area (Å²) in [4.78, 5) is 12.6. The Bertz CT molecular complexity index is 1230. The number of benzene rings is 3. The Morgan fingerprint density at radius 1 is 1.19 bits per heavy atom. The van der Waals surface area contributed by atoms with Crippen molar-refractivity contribution in [2.45, 2.75) is 13.5 Å². The van der Waals surface area contributed by atoms with E-state index < -0.39 is 5.91 Å². The smallest absolute Gasteiger partial charge is 0.266 e. The molecule has 0 unspecified atom stereocenters. The van der Waals surface area contributed by atoms with Gasteiger partial charge in [0, 0.05) is 10.7 Å². The van der Waals surface area contributed by atoms with Gasteiger partial charge in [0.2, 0.25) is 0 Å². The number of rotatable bonds is 6. The summed E-state index contributed by atoms with van der Waals surface area (Å²) in [6, 6.07) is 17.0. The normalized spacial score (nSPS) is 11.1. The predicted molar refractivity (Wildman–Crippen MR) is 141 cm³/mol. The molecule has 0 spiro atoms. The number of carbonyl (C=O) groups excluding carboxylic acids is 1. The van der Waals surface area contributed by atoms with E-state index in [0.717, 1.165) is 18.3 Å². The van der Waals surface area contributed by atoms with Crippen molar-refractivity contribution in [3.63, 3.8) is 0 Å². The molecular weight excluding hydrogens is 657 g/mol. The molecule has 3 aromatic rings. The van der Waals surface area contributed by atoms with E-state index >= 15 is 0 Å². The first-order valence-corrected chi connectivity index (χ1v) is 11.9. The van der Waals surface area contributed by atoms with Crippen LogP contribution in [0.25, 0.3) is 6.08 Å². The van der Waals surface area contributed by atoms with Crippen molar-refractivity contribution >= 4 is 74.5 Å². The molecule has 0 aromatic heterocycles. The lowest BCUT2D eigenvalue weighted by Crippen LogP contribution is -2.13. The number of anilines is 1. The van der Waals surface area contributed by atoms with Gasteiger partial charge in [0.1, 0.15) is 29.8 Å². The maximum Gasteiger partial charge on any atom is 0.266 e. The molecule has 0 saturated heterocycles. The molecule has 0 atom stereocenters. The molecule has 4 nitrogen and oxygen atoms in total. The average Bonchev–Trinajstić information content (AvgIpc) is 2.74. The van der Waals surface area contributed by atoms with Gasteiger partial charge >= 0.3 is 0 Å². The summed E-state index contributed by atoms with van der Waals surface area (Å²) in [5.41, 5.74) is 2.77. The third-order valence-electron chi connectivity index (χ3n) is 4.40. The molecule has 0 heterocycles. The van der Waals surface area contributed by atoms with Crippen molar-refractivity contribution in [2.75, 3.05) is 5.32 Å². The maximum atomic E-state index is 13.4. The van der Waals surface area contributed by atoms with Gasteiger partial charge in [0.15, 0.2) is 0 Å². The first kappa shape index (κ1) is 24.5. The summed E-state index contributed by atoms with van der Waals surface area (Å²) in [5, 5.41) is 12.7. The number of nitrogens with one attached hydrogen (secondary N) is 1. The highest BCUT2D eigenvalue weighted by Gasteiger charge is 2.13. The van der Waals surface area contributed by atoms with Gasteiger partial charge in [-0.15, -0.1) is 0 Å². The molecule has 0 fully saturated rings. The monoisotopic (exact) mass is 672 g/mol. The molecule has 0 radical (unpaired) electrons. The molecular formula is C24H16ClFI2N2O2. The standard InChI is InChI=1S/C24H16ClFI2N2O2/c1-14-5-6-19(11-20(14)25)30-24(31)17(12-29)7-16-9-21(27)23(22(28)10-16)32-13-15-3-2-4-18(26)8-15/h2-11H,13H2,1H3,(H,30,31)/b17-7-. The molecule has 3 aromatic carbocycles. The SMILES string of the molecule is Cc1ccc(NC(=O)/C(C#N)=C\c2cc(I)c(OCc3cccc(F)c3)c(I)c2)cc1Cl. The van der Waals surface area contributed by atoms with Gasteiger partial charge < -0.3 is 10.1 Å². The van der Waals surface area contributed by atoms with Crippen LogP contribution < -0.4 is 10.1 Å². The van der Waals surface area contributed by atoms with Gasteiger partial charge in [-0.25, -0.2) is 4.39 Å². The molecule has 0 bridgehead atoms. The molecule has 8 heteroatoms. The Hall–Kier alpha value is -2.16. The van der Waals surface area contributed by atoms with Crippen molar-refractivity contribution in [1.29, 1.82) is 5.26 Å². The van der Waals surface area contributed by atoms with Gasteiger partial charge in [-0.3, -0.25) is 4.79 Å². The molecule has 0 aliphatic heterocycles. The van der Waals surface area contributed by atoms with Crippen LogP contribution in [0.5, 0.6) is 5.75 Å². The zero-order valence-corrected chi connectivity index (χ0v) is 21.8. The molecule has 32 heavy (non-hydrogen) atoms. The van der Waals surface area contributed by atoms with Crippen LogP contribution in [0.1, 0.15) is 16.7 Å². The summed E-state index contributed by atoms with van der Waals surface area (Å²) >= 11 is 10.4. The molecule has 1 amide bonds. The second-order valence-corrected chi connectivity index (χ2v) is 9.55. The minimum absolute atomic E-state index is 0.0401. The Balaban J connectivity index is 1.77. The largest absolute Gasteiger partial charge is 0.487 e. The van der Waals surface area contributed by atoms with Gasteiger partial charge in [-0.2, -0.15) is 5.26 Å². The van der Waals surface area contributed by atoms with Crippen molar-refractivity contribution in [1.82, 2.24) is 0 Å². The average molecular weight is 673 g/mol. The Labute approximate surface area is 217 Å².